The van der Waals surface area contributed by atoms with Crippen LogP contribution in [0.1, 0.15) is 52.7 Å². The van der Waals surface area contributed by atoms with Crippen molar-refractivity contribution in [1.29, 1.82) is 0 Å². The van der Waals surface area contributed by atoms with Crippen LogP contribution in [0.25, 0.3) is 22.4 Å². The zero-order chi connectivity index (χ0) is 26.6. The maximum Gasteiger partial charge on any atom is 0.304 e. The molecule has 1 N–H and O–H groups in total. The number of aryl methyl sites for hydroxylation is 3. The molecule has 7 heteroatoms. The number of carboxylic acids is 1. The number of halogens is 1. The molecule has 0 saturated heterocycles. The molecule has 0 bridgehead atoms. The van der Waals surface area contributed by atoms with E-state index in [1.165, 1.54) is 0 Å². The maximum absolute atomic E-state index is 15.2. The smallest absolute Gasteiger partial charge is 0.304 e. The third-order valence-electron chi connectivity index (χ3n) is 7.65. The van der Waals surface area contributed by atoms with Crippen LogP contribution >= 0.6 is 0 Å². The fourth-order valence-corrected chi connectivity index (χ4v) is 6.00. The number of rotatable bonds is 6. The molecule has 38 heavy (non-hydrogen) atoms. The quantitative estimate of drug-likeness (QED) is 0.318. The minimum atomic E-state index is -0.850. The van der Waals surface area contributed by atoms with E-state index >= 15 is 4.39 Å². The maximum atomic E-state index is 15.2. The number of carbonyl (C=O) groups is 1. The van der Waals surface area contributed by atoms with Crippen molar-refractivity contribution in [3.05, 3.63) is 88.6 Å². The Bertz CT molecular complexity index is 1550. The Balaban J connectivity index is 1.31. The summed E-state index contributed by atoms with van der Waals surface area (Å²) in [6.07, 6.45) is 4.80. The van der Waals surface area contributed by atoms with Gasteiger partial charge < -0.3 is 19.1 Å². The van der Waals surface area contributed by atoms with Crippen LogP contribution in [0.2, 0.25) is 0 Å². The van der Waals surface area contributed by atoms with Crippen LogP contribution in [0.15, 0.2) is 55.0 Å². The monoisotopic (exact) mass is 512 g/mol. The van der Waals surface area contributed by atoms with E-state index in [0.717, 1.165) is 51.1 Å². The van der Waals surface area contributed by atoms with Crippen molar-refractivity contribution in [2.24, 2.45) is 7.05 Å². The summed E-state index contributed by atoms with van der Waals surface area (Å²) in [6, 6.07) is 13.2. The van der Waals surface area contributed by atoms with Gasteiger partial charge in [-0.15, -0.1) is 0 Å². The fourth-order valence-electron chi connectivity index (χ4n) is 6.00. The number of imidazole rings is 1. The van der Waals surface area contributed by atoms with Crippen LogP contribution in [-0.4, -0.2) is 27.2 Å². The van der Waals surface area contributed by atoms with Crippen molar-refractivity contribution < 1.29 is 23.8 Å². The molecule has 0 amide bonds. The van der Waals surface area contributed by atoms with E-state index < -0.39 is 12.1 Å². The minimum absolute atomic E-state index is 0.0267. The molecule has 6 nitrogen and oxygen atoms in total. The van der Waals surface area contributed by atoms with Crippen LogP contribution in [0.5, 0.6) is 11.5 Å². The molecule has 2 atom stereocenters. The number of benzene rings is 3. The Hall–Kier alpha value is -4.13. The molecule has 1 unspecified atom stereocenters. The summed E-state index contributed by atoms with van der Waals surface area (Å²) in [5, 5.41) is 9.15. The Kier molecular flexibility index (Phi) is 5.94. The molecular formula is C31H29FN2O4. The first-order valence-electron chi connectivity index (χ1n) is 12.8. The molecule has 0 fully saturated rings. The van der Waals surface area contributed by atoms with Gasteiger partial charge in [0.2, 0.25) is 0 Å². The molecule has 2 heterocycles. The summed E-state index contributed by atoms with van der Waals surface area (Å²) in [5.74, 6) is -0.0442. The largest absolute Gasteiger partial charge is 0.492 e. The number of nitrogens with zero attached hydrogens (tertiary/aromatic N) is 2. The fraction of sp³-hybridized carbons (Fsp3) is 0.290. The number of hydrogen-bond donors (Lipinski definition) is 1. The van der Waals surface area contributed by atoms with Gasteiger partial charge in [0.1, 0.15) is 23.4 Å². The van der Waals surface area contributed by atoms with E-state index in [9.17, 15) is 4.79 Å². The molecular weight excluding hydrogens is 483 g/mol. The standard InChI is InChI=1S/C31H29FN2O4/c1-17-10-19(26-14-34(3)16-33-26)11-18(2)30(17)23-6-8-25(32)31-24(23)7-9-27(31)38-21-4-5-22-20(12-29(35)36)15-37-28(22)13-21/h4-6,8,10-11,13-14,16,20,27H,7,9,12,15H2,1-3H3,(H,35,36)/t20?,27-/m1/s1. The van der Waals surface area contributed by atoms with E-state index in [1.807, 2.05) is 36.0 Å². The highest BCUT2D eigenvalue weighted by molar-refractivity contribution is 5.79. The number of carboxylic acid groups (broad SMARTS) is 1. The lowest BCUT2D eigenvalue weighted by Gasteiger charge is -2.19. The predicted molar refractivity (Wildman–Crippen MR) is 142 cm³/mol. The first kappa shape index (κ1) is 24.2. The summed E-state index contributed by atoms with van der Waals surface area (Å²) in [6.45, 7) is 4.53. The SMILES string of the molecule is Cc1cc(-c2cn(C)cn2)cc(C)c1-c1ccc(F)c2c1CC[C@H]2Oc1ccc2c(c1)OCC2CC(=O)O. The molecule has 194 valence electrons. The molecule has 3 aromatic carbocycles. The average Bonchev–Trinajstić information content (AvgIpc) is 3.59. The molecule has 0 saturated carbocycles. The first-order valence-corrected chi connectivity index (χ1v) is 12.8. The highest BCUT2D eigenvalue weighted by Gasteiger charge is 2.32. The molecule has 4 aromatic rings. The highest BCUT2D eigenvalue weighted by atomic mass is 19.1. The van der Waals surface area contributed by atoms with Gasteiger partial charge in [-0.3, -0.25) is 4.79 Å². The average molecular weight is 513 g/mol. The summed E-state index contributed by atoms with van der Waals surface area (Å²) < 4.78 is 29.2. The summed E-state index contributed by atoms with van der Waals surface area (Å²) >= 11 is 0. The molecule has 0 spiro atoms. The lowest BCUT2D eigenvalue weighted by molar-refractivity contribution is -0.137. The third kappa shape index (κ3) is 4.22. The number of aromatic nitrogens is 2. The van der Waals surface area contributed by atoms with Crippen LogP contribution in [0.3, 0.4) is 0 Å². The second kappa shape index (κ2) is 9.31. The van der Waals surface area contributed by atoms with E-state index in [4.69, 9.17) is 14.6 Å². The van der Waals surface area contributed by atoms with Gasteiger partial charge in [0.25, 0.3) is 0 Å². The number of hydrogen-bond acceptors (Lipinski definition) is 4. The second-order valence-corrected chi connectivity index (χ2v) is 10.3. The summed E-state index contributed by atoms with van der Waals surface area (Å²) in [7, 11) is 1.96. The molecule has 1 aromatic heterocycles. The van der Waals surface area contributed by atoms with Crippen molar-refractivity contribution in [3.8, 4) is 33.9 Å². The van der Waals surface area contributed by atoms with E-state index in [2.05, 4.69) is 31.0 Å². The molecule has 1 aliphatic heterocycles. The van der Waals surface area contributed by atoms with Crippen LogP contribution in [-0.2, 0) is 18.3 Å². The van der Waals surface area contributed by atoms with Crippen LogP contribution in [0, 0.1) is 19.7 Å². The van der Waals surface area contributed by atoms with E-state index in [0.29, 0.717) is 30.1 Å². The summed E-state index contributed by atoms with van der Waals surface area (Å²) in [4.78, 5) is 15.6. The molecule has 6 rings (SSSR count). The second-order valence-electron chi connectivity index (χ2n) is 10.3. The lowest BCUT2D eigenvalue weighted by Crippen LogP contribution is -2.07. The van der Waals surface area contributed by atoms with Crippen molar-refractivity contribution in [3.63, 3.8) is 0 Å². The van der Waals surface area contributed by atoms with E-state index in [1.54, 1.807) is 18.5 Å². The van der Waals surface area contributed by atoms with Crippen LogP contribution < -0.4 is 9.47 Å². The van der Waals surface area contributed by atoms with Crippen molar-refractivity contribution in [2.45, 2.75) is 45.1 Å². The molecule has 0 radical (unpaired) electrons. The van der Waals surface area contributed by atoms with E-state index in [-0.39, 0.29) is 18.2 Å². The topological polar surface area (TPSA) is 73.6 Å². The van der Waals surface area contributed by atoms with Crippen molar-refractivity contribution in [1.82, 2.24) is 9.55 Å². The zero-order valence-electron chi connectivity index (χ0n) is 21.6. The minimum Gasteiger partial charge on any atom is -0.492 e. The third-order valence-corrected chi connectivity index (χ3v) is 7.65. The van der Waals surface area contributed by atoms with Gasteiger partial charge in [-0.05, 0) is 78.8 Å². The van der Waals surface area contributed by atoms with Gasteiger partial charge >= 0.3 is 5.97 Å². The lowest BCUT2D eigenvalue weighted by atomic mass is 9.88. The van der Waals surface area contributed by atoms with Crippen molar-refractivity contribution >= 4 is 5.97 Å². The van der Waals surface area contributed by atoms with Gasteiger partial charge in [0.15, 0.2) is 0 Å². The Morgan fingerprint density at radius 1 is 1.18 bits per heavy atom. The number of fused-ring (bicyclic) bond motifs is 2. The van der Waals surface area contributed by atoms with Gasteiger partial charge in [0.05, 0.1) is 25.0 Å². The summed E-state index contributed by atoms with van der Waals surface area (Å²) in [5.41, 5.74) is 8.88. The molecule has 2 aliphatic rings. The van der Waals surface area contributed by atoms with Crippen molar-refractivity contribution in [2.75, 3.05) is 6.61 Å². The van der Waals surface area contributed by atoms with Gasteiger partial charge in [-0.25, -0.2) is 9.37 Å². The van der Waals surface area contributed by atoms with Crippen LogP contribution in [0.4, 0.5) is 4.39 Å². The zero-order valence-corrected chi connectivity index (χ0v) is 21.6. The molecule has 1 aliphatic carbocycles. The Labute approximate surface area is 220 Å². The number of ether oxygens (including phenoxy) is 2. The first-order chi connectivity index (χ1) is 18.3. The van der Waals surface area contributed by atoms with Gasteiger partial charge in [0, 0.05) is 41.9 Å². The Morgan fingerprint density at radius 2 is 1.97 bits per heavy atom. The Morgan fingerprint density at radius 3 is 2.68 bits per heavy atom. The highest BCUT2D eigenvalue weighted by Crippen LogP contribution is 2.45. The van der Waals surface area contributed by atoms with Gasteiger partial charge in [-0.1, -0.05) is 12.1 Å². The predicted octanol–water partition coefficient (Wildman–Crippen LogP) is 6.53. The normalized spacial score (nSPS) is 17.7. The number of aliphatic carboxylic acids is 1. The van der Waals surface area contributed by atoms with Gasteiger partial charge in [-0.2, -0.15) is 0 Å².